The summed E-state index contributed by atoms with van der Waals surface area (Å²) in [7, 11) is 0. The molecule has 0 aliphatic carbocycles. The third-order valence-electron chi connectivity index (χ3n) is 5.67. The zero-order valence-electron chi connectivity index (χ0n) is 18.7. The molecule has 0 aliphatic heterocycles. The summed E-state index contributed by atoms with van der Waals surface area (Å²) >= 11 is -2.61. The first-order chi connectivity index (χ1) is 16.9. The van der Waals surface area contributed by atoms with Gasteiger partial charge in [-0.05, 0) is 41.1 Å². The number of rotatable bonds is 9. The summed E-state index contributed by atoms with van der Waals surface area (Å²) in [6.07, 6.45) is -0.297. The van der Waals surface area contributed by atoms with Crippen LogP contribution < -0.4 is 9.62 Å². The van der Waals surface area contributed by atoms with Crippen molar-refractivity contribution in [3.63, 3.8) is 0 Å². The third kappa shape index (κ3) is 5.74. The summed E-state index contributed by atoms with van der Waals surface area (Å²) in [5, 5.41) is 14.5. The largest absolute Gasteiger partial charge is 0.480 e. The summed E-state index contributed by atoms with van der Waals surface area (Å²) in [4.78, 5) is 24.7. The van der Waals surface area contributed by atoms with Gasteiger partial charge >= 0.3 is 5.97 Å². The Bertz CT molecular complexity index is 1350. The number of benzene rings is 4. The lowest BCUT2D eigenvalue weighted by atomic mass is 10.0. The van der Waals surface area contributed by atoms with E-state index in [4.69, 9.17) is 0 Å². The molecule has 0 saturated heterocycles. The highest BCUT2D eigenvalue weighted by Crippen LogP contribution is 2.27. The Balaban J connectivity index is 1.49. The molecule has 8 heteroatoms. The first kappa shape index (κ1) is 24.1. The van der Waals surface area contributed by atoms with Crippen LogP contribution in [-0.2, 0) is 20.9 Å². The lowest BCUT2D eigenvalue weighted by Crippen LogP contribution is -2.43. The molecule has 0 spiro atoms. The molecule has 1 amide bonds. The molecule has 0 aromatic heterocycles. The van der Waals surface area contributed by atoms with Gasteiger partial charge in [-0.15, -0.1) is 0 Å². The predicted molar refractivity (Wildman–Crippen MR) is 138 cm³/mol. The number of fused-ring (bicyclic) bond motifs is 1. The number of carbonyl (C=O) groups excluding carboxylic acids is 1. The minimum Gasteiger partial charge on any atom is -0.480 e. The van der Waals surface area contributed by atoms with E-state index < -0.39 is 23.3 Å². The van der Waals surface area contributed by atoms with Crippen LogP contribution in [0.15, 0.2) is 97.1 Å². The van der Waals surface area contributed by atoms with Gasteiger partial charge in [0.25, 0.3) is 11.3 Å². The molecular formula is C27H24N2O5S. The van der Waals surface area contributed by atoms with E-state index in [0.717, 1.165) is 26.2 Å². The maximum absolute atomic E-state index is 12.7. The standard InChI is InChI=1S/C27H24N2O5S/c30-26(28-24-12-6-10-21-9-4-5-11-23(21)24)18-17-25(27(31)32)29(35(33)34)22-15-13-20(14-16-22)19-7-2-1-3-8-19/h1-16,25H,17-18H2,(H,28,30)(H,31,32)(H,33,34). The van der Waals surface area contributed by atoms with Gasteiger partial charge < -0.3 is 10.4 Å². The van der Waals surface area contributed by atoms with Crippen LogP contribution in [-0.4, -0.2) is 31.8 Å². The molecule has 0 aliphatic rings. The zero-order valence-corrected chi connectivity index (χ0v) is 19.5. The van der Waals surface area contributed by atoms with Gasteiger partial charge in [0.2, 0.25) is 5.91 Å². The van der Waals surface area contributed by atoms with Crippen LogP contribution in [0.2, 0.25) is 0 Å². The summed E-state index contributed by atoms with van der Waals surface area (Å²) in [6.45, 7) is 0. The van der Waals surface area contributed by atoms with Gasteiger partial charge in [0.1, 0.15) is 6.04 Å². The highest BCUT2D eigenvalue weighted by Gasteiger charge is 2.30. The van der Waals surface area contributed by atoms with Crippen molar-refractivity contribution in [3.05, 3.63) is 97.1 Å². The number of carboxylic acid groups (broad SMARTS) is 1. The maximum Gasteiger partial charge on any atom is 0.327 e. The van der Waals surface area contributed by atoms with Gasteiger partial charge in [-0.1, -0.05) is 78.9 Å². The smallest absolute Gasteiger partial charge is 0.327 e. The van der Waals surface area contributed by atoms with E-state index >= 15 is 0 Å². The molecular weight excluding hydrogens is 464 g/mol. The molecule has 3 N–H and O–H groups in total. The van der Waals surface area contributed by atoms with Crippen molar-refractivity contribution in [1.82, 2.24) is 0 Å². The third-order valence-corrected chi connectivity index (χ3v) is 6.48. The summed E-state index contributed by atoms with van der Waals surface area (Å²) < 4.78 is 23.0. The molecule has 0 bridgehead atoms. The average Bonchev–Trinajstić information content (AvgIpc) is 2.87. The van der Waals surface area contributed by atoms with Crippen molar-refractivity contribution < 1.29 is 23.5 Å². The van der Waals surface area contributed by atoms with E-state index in [1.165, 1.54) is 0 Å². The lowest BCUT2D eigenvalue weighted by molar-refractivity contribution is -0.138. The van der Waals surface area contributed by atoms with Crippen LogP contribution in [0.4, 0.5) is 11.4 Å². The summed E-state index contributed by atoms with van der Waals surface area (Å²) in [6, 6.07) is 28.1. The molecule has 4 aromatic rings. The number of anilines is 2. The minimum absolute atomic E-state index is 0.143. The van der Waals surface area contributed by atoms with E-state index in [1.807, 2.05) is 66.7 Å². The maximum atomic E-state index is 12.7. The Morgan fingerprint density at radius 3 is 2.14 bits per heavy atom. The topological polar surface area (TPSA) is 107 Å². The van der Waals surface area contributed by atoms with Crippen LogP contribution in [0.1, 0.15) is 12.8 Å². The molecule has 4 rings (SSSR count). The molecule has 0 radical (unpaired) electrons. The second kappa shape index (κ2) is 10.9. The zero-order chi connectivity index (χ0) is 24.8. The van der Waals surface area contributed by atoms with Crippen molar-refractivity contribution in [2.45, 2.75) is 18.9 Å². The number of amides is 1. The summed E-state index contributed by atoms with van der Waals surface area (Å²) in [5.74, 6) is -1.67. The highest BCUT2D eigenvalue weighted by atomic mass is 32.2. The van der Waals surface area contributed by atoms with Crippen molar-refractivity contribution in [1.29, 1.82) is 0 Å². The van der Waals surface area contributed by atoms with Crippen molar-refractivity contribution in [3.8, 4) is 11.1 Å². The number of carboxylic acids is 1. The number of hydrogen-bond acceptors (Lipinski definition) is 3. The van der Waals surface area contributed by atoms with Gasteiger partial charge in [0.15, 0.2) is 0 Å². The first-order valence-electron chi connectivity index (χ1n) is 11.0. The molecule has 178 valence electrons. The van der Waals surface area contributed by atoms with E-state index in [2.05, 4.69) is 5.32 Å². The molecule has 4 aromatic carbocycles. The Hall–Kier alpha value is -4.01. The van der Waals surface area contributed by atoms with E-state index in [-0.39, 0.29) is 24.4 Å². The fraction of sp³-hybridized carbons (Fsp3) is 0.111. The Morgan fingerprint density at radius 2 is 1.46 bits per heavy atom. The lowest BCUT2D eigenvalue weighted by Gasteiger charge is -2.27. The van der Waals surface area contributed by atoms with Gasteiger partial charge in [-0.2, -0.15) is 0 Å². The monoisotopic (exact) mass is 488 g/mol. The number of nitrogens with one attached hydrogen (secondary N) is 1. The van der Waals surface area contributed by atoms with Gasteiger partial charge in [-0.25, -0.2) is 9.00 Å². The first-order valence-corrected chi connectivity index (χ1v) is 12.1. The number of aliphatic carboxylic acids is 1. The minimum atomic E-state index is -2.61. The van der Waals surface area contributed by atoms with Crippen LogP contribution in [0.5, 0.6) is 0 Å². The van der Waals surface area contributed by atoms with Crippen molar-refractivity contribution >= 4 is 45.3 Å². The van der Waals surface area contributed by atoms with E-state index in [1.54, 1.807) is 30.3 Å². The van der Waals surface area contributed by atoms with Crippen molar-refractivity contribution in [2.24, 2.45) is 0 Å². The SMILES string of the molecule is O=C(CCC(C(=O)O)N(c1ccc(-c2ccccc2)cc1)S(=O)O)Nc1cccc2ccccc12. The van der Waals surface area contributed by atoms with E-state index in [9.17, 15) is 23.5 Å². The van der Waals surface area contributed by atoms with Crippen LogP contribution >= 0.6 is 0 Å². The molecule has 0 heterocycles. The highest BCUT2D eigenvalue weighted by molar-refractivity contribution is 7.80. The molecule has 35 heavy (non-hydrogen) atoms. The average molecular weight is 489 g/mol. The Kier molecular flexibility index (Phi) is 7.54. The number of hydrogen-bond donors (Lipinski definition) is 3. The fourth-order valence-electron chi connectivity index (χ4n) is 3.97. The second-order valence-electron chi connectivity index (χ2n) is 7.94. The van der Waals surface area contributed by atoms with E-state index in [0.29, 0.717) is 5.69 Å². The second-order valence-corrected chi connectivity index (χ2v) is 8.79. The predicted octanol–water partition coefficient (Wildman–Crippen LogP) is 5.32. The van der Waals surface area contributed by atoms with Crippen molar-refractivity contribution in [2.75, 3.05) is 9.62 Å². The number of carbonyl (C=O) groups is 2. The Labute approximate surface area is 205 Å². The summed E-state index contributed by atoms with van der Waals surface area (Å²) in [5.41, 5.74) is 2.75. The molecule has 7 nitrogen and oxygen atoms in total. The molecule has 0 fully saturated rings. The van der Waals surface area contributed by atoms with Gasteiger partial charge in [0.05, 0.1) is 5.69 Å². The molecule has 2 atom stereocenters. The Morgan fingerprint density at radius 1 is 0.829 bits per heavy atom. The normalized spacial score (nSPS) is 12.6. The van der Waals surface area contributed by atoms with Crippen LogP contribution in [0.25, 0.3) is 21.9 Å². The van der Waals surface area contributed by atoms with Crippen LogP contribution in [0, 0.1) is 0 Å². The molecule has 0 saturated carbocycles. The fourth-order valence-corrected chi connectivity index (χ4v) is 4.68. The molecule has 2 unspecified atom stereocenters. The van der Waals surface area contributed by atoms with Crippen LogP contribution in [0.3, 0.4) is 0 Å². The van der Waals surface area contributed by atoms with Gasteiger partial charge in [0, 0.05) is 17.5 Å². The van der Waals surface area contributed by atoms with Gasteiger partial charge in [-0.3, -0.25) is 13.7 Å². The number of nitrogens with zero attached hydrogens (tertiary/aromatic N) is 1. The quantitative estimate of drug-likeness (QED) is 0.276.